The number of non-ortho nitro benzene ring substituents is 1. The van der Waals surface area contributed by atoms with Crippen LogP contribution < -0.4 is 4.31 Å². The van der Waals surface area contributed by atoms with Crippen molar-refractivity contribution in [2.24, 2.45) is 0 Å². The number of anilines is 1. The number of nitro groups is 1. The Bertz CT molecular complexity index is 1000. The maximum Gasteiger partial charge on any atom is 0.338 e. The molecule has 148 valence electrons. The zero-order chi connectivity index (χ0) is 20.9. The summed E-state index contributed by atoms with van der Waals surface area (Å²) >= 11 is 0. The van der Waals surface area contributed by atoms with Crippen LogP contribution in [0.1, 0.15) is 22.8 Å². The molecule has 2 aromatic carbocycles. The van der Waals surface area contributed by atoms with Crippen molar-refractivity contribution in [3.05, 3.63) is 76.4 Å². The molecule has 28 heavy (non-hydrogen) atoms. The summed E-state index contributed by atoms with van der Waals surface area (Å²) in [5.74, 6) is -0.512. The predicted molar refractivity (Wildman–Crippen MR) is 105 cm³/mol. The molecule has 0 heterocycles. The fraction of sp³-hybridized carbons (Fsp3) is 0.211. The Morgan fingerprint density at radius 2 is 1.89 bits per heavy atom. The third kappa shape index (κ3) is 4.37. The highest BCUT2D eigenvalue weighted by Crippen LogP contribution is 2.28. The summed E-state index contributed by atoms with van der Waals surface area (Å²) in [5, 5.41) is 11.0. The Morgan fingerprint density at radius 3 is 2.43 bits per heavy atom. The van der Waals surface area contributed by atoms with Crippen molar-refractivity contribution in [2.45, 2.75) is 18.7 Å². The van der Waals surface area contributed by atoms with Crippen molar-refractivity contribution in [1.29, 1.82) is 0 Å². The summed E-state index contributed by atoms with van der Waals surface area (Å²) in [6.45, 7) is 7.01. The Labute approximate surface area is 163 Å². The number of carbonyl (C=O) groups is 1. The topological polar surface area (TPSA) is 107 Å². The zero-order valence-electron chi connectivity index (χ0n) is 15.5. The van der Waals surface area contributed by atoms with Gasteiger partial charge in [0.1, 0.15) is 0 Å². The van der Waals surface area contributed by atoms with Crippen LogP contribution in [-0.2, 0) is 14.8 Å². The zero-order valence-corrected chi connectivity index (χ0v) is 16.3. The van der Waals surface area contributed by atoms with Gasteiger partial charge in [0, 0.05) is 12.1 Å². The molecule has 0 radical (unpaired) electrons. The quantitative estimate of drug-likeness (QED) is 0.289. The highest BCUT2D eigenvalue weighted by Gasteiger charge is 2.28. The Kier molecular flexibility index (Phi) is 6.53. The monoisotopic (exact) mass is 404 g/mol. The van der Waals surface area contributed by atoms with E-state index >= 15 is 0 Å². The van der Waals surface area contributed by atoms with Crippen LogP contribution >= 0.6 is 0 Å². The molecule has 0 bridgehead atoms. The van der Waals surface area contributed by atoms with Crippen molar-refractivity contribution >= 4 is 27.4 Å². The molecule has 0 aliphatic carbocycles. The van der Waals surface area contributed by atoms with Gasteiger partial charge in [-0.2, -0.15) is 0 Å². The van der Waals surface area contributed by atoms with Crippen LogP contribution in [0.15, 0.2) is 60.0 Å². The van der Waals surface area contributed by atoms with Gasteiger partial charge in [-0.1, -0.05) is 12.1 Å². The summed E-state index contributed by atoms with van der Waals surface area (Å²) in [7, 11) is -4.10. The number of sulfonamides is 1. The molecule has 9 heteroatoms. The maximum absolute atomic E-state index is 13.2. The van der Waals surface area contributed by atoms with E-state index in [2.05, 4.69) is 6.58 Å². The van der Waals surface area contributed by atoms with Crippen molar-refractivity contribution in [1.82, 2.24) is 0 Å². The van der Waals surface area contributed by atoms with E-state index < -0.39 is 20.9 Å². The lowest BCUT2D eigenvalue weighted by Crippen LogP contribution is -2.31. The largest absolute Gasteiger partial charge is 0.462 e. The predicted octanol–water partition coefficient (Wildman–Crippen LogP) is 3.46. The number of benzene rings is 2. The van der Waals surface area contributed by atoms with E-state index in [1.165, 1.54) is 42.5 Å². The van der Waals surface area contributed by atoms with Crippen molar-refractivity contribution in [3.63, 3.8) is 0 Å². The minimum Gasteiger partial charge on any atom is -0.462 e. The van der Waals surface area contributed by atoms with Gasteiger partial charge in [-0.25, -0.2) is 13.2 Å². The molecule has 0 atom stereocenters. The molecule has 0 saturated carbocycles. The minimum absolute atomic E-state index is 0.0524. The van der Waals surface area contributed by atoms with Crippen LogP contribution in [0.25, 0.3) is 0 Å². The molecule has 0 saturated heterocycles. The molecule has 8 nitrogen and oxygen atoms in total. The van der Waals surface area contributed by atoms with Gasteiger partial charge < -0.3 is 4.74 Å². The molecule has 0 aliphatic heterocycles. The first-order valence-corrected chi connectivity index (χ1v) is 9.82. The molecular weight excluding hydrogens is 384 g/mol. The fourth-order valence-electron chi connectivity index (χ4n) is 2.54. The van der Waals surface area contributed by atoms with Crippen LogP contribution in [0.5, 0.6) is 0 Å². The summed E-state index contributed by atoms with van der Waals surface area (Å²) in [5.41, 5.74) is 0.634. The third-order valence-corrected chi connectivity index (χ3v) is 5.85. The third-order valence-electron chi connectivity index (χ3n) is 3.91. The molecule has 2 rings (SSSR count). The Balaban J connectivity index is 2.51. The van der Waals surface area contributed by atoms with Crippen LogP contribution in [0.4, 0.5) is 11.4 Å². The number of hydrogen-bond donors (Lipinski definition) is 0. The number of nitro benzene ring substituents is 1. The molecule has 0 aliphatic rings. The molecule has 2 aromatic rings. The van der Waals surface area contributed by atoms with Gasteiger partial charge >= 0.3 is 5.97 Å². The summed E-state index contributed by atoms with van der Waals surface area (Å²) in [6, 6.07) is 9.54. The number of nitrogens with zero attached hydrogens (tertiary/aromatic N) is 2. The van der Waals surface area contributed by atoms with E-state index in [1.54, 1.807) is 13.8 Å². The van der Waals surface area contributed by atoms with Crippen molar-refractivity contribution in [2.75, 3.05) is 17.5 Å². The first-order valence-electron chi connectivity index (χ1n) is 8.38. The maximum atomic E-state index is 13.2. The number of ether oxygens (including phenoxy) is 1. The summed E-state index contributed by atoms with van der Waals surface area (Å²) in [6.07, 6.45) is 1.41. The number of hydrogen-bond acceptors (Lipinski definition) is 6. The summed E-state index contributed by atoms with van der Waals surface area (Å²) in [4.78, 5) is 22.0. The molecule has 0 aromatic heterocycles. The van der Waals surface area contributed by atoms with E-state index in [0.29, 0.717) is 11.3 Å². The SMILES string of the molecule is C=CCN(c1ccc(C(=O)OCC)cc1)S(=O)(=O)c1cc([N+](=O)[O-])ccc1C. The average Bonchev–Trinajstić information content (AvgIpc) is 2.66. The first-order chi connectivity index (χ1) is 13.2. The van der Waals surface area contributed by atoms with Gasteiger partial charge in [0.15, 0.2) is 0 Å². The lowest BCUT2D eigenvalue weighted by atomic mass is 10.2. The van der Waals surface area contributed by atoms with Gasteiger partial charge in [-0.05, 0) is 43.7 Å². The lowest BCUT2D eigenvalue weighted by molar-refractivity contribution is -0.385. The normalized spacial score (nSPS) is 10.9. The van der Waals surface area contributed by atoms with Crippen LogP contribution in [0, 0.1) is 17.0 Å². The Hall–Kier alpha value is -3.20. The van der Waals surface area contributed by atoms with Crippen LogP contribution in [0.3, 0.4) is 0 Å². The lowest BCUT2D eigenvalue weighted by Gasteiger charge is -2.24. The smallest absolute Gasteiger partial charge is 0.338 e. The average molecular weight is 404 g/mol. The second kappa shape index (κ2) is 8.66. The van der Waals surface area contributed by atoms with E-state index in [0.717, 1.165) is 10.4 Å². The van der Waals surface area contributed by atoms with E-state index in [4.69, 9.17) is 4.74 Å². The summed E-state index contributed by atoms with van der Waals surface area (Å²) < 4.78 is 32.4. The van der Waals surface area contributed by atoms with Crippen LogP contribution in [0.2, 0.25) is 0 Å². The van der Waals surface area contributed by atoms with Crippen molar-refractivity contribution in [3.8, 4) is 0 Å². The van der Waals surface area contributed by atoms with Gasteiger partial charge in [-0.15, -0.1) is 6.58 Å². The minimum atomic E-state index is -4.10. The second-order valence-electron chi connectivity index (χ2n) is 5.80. The fourth-order valence-corrected chi connectivity index (χ4v) is 4.22. The molecule has 0 spiro atoms. The van der Waals surface area contributed by atoms with E-state index in [9.17, 15) is 23.3 Å². The van der Waals surface area contributed by atoms with Gasteiger partial charge in [0.25, 0.3) is 15.7 Å². The van der Waals surface area contributed by atoms with Gasteiger partial charge in [-0.3, -0.25) is 14.4 Å². The molecule has 0 fully saturated rings. The standard InChI is InChI=1S/C19H20N2O6S/c1-4-12-20(16-10-7-15(8-11-16)19(22)27-5-2)28(25,26)18-13-17(21(23)24)9-6-14(18)3/h4,6-11,13H,1,5,12H2,2-3H3. The van der Waals surface area contributed by atoms with Gasteiger partial charge in [0.2, 0.25) is 0 Å². The number of esters is 1. The highest BCUT2D eigenvalue weighted by atomic mass is 32.2. The molecule has 0 amide bonds. The van der Waals surface area contributed by atoms with Crippen molar-refractivity contribution < 1.29 is 22.9 Å². The first kappa shape index (κ1) is 21.1. The molecule has 0 N–H and O–H groups in total. The number of rotatable bonds is 8. The molecular formula is C19H20N2O6S. The second-order valence-corrected chi connectivity index (χ2v) is 7.63. The number of carbonyl (C=O) groups excluding carboxylic acids is 1. The number of aryl methyl sites for hydroxylation is 1. The van der Waals surface area contributed by atoms with Crippen LogP contribution in [-0.4, -0.2) is 32.5 Å². The molecule has 0 unspecified atom stereocenters. The van der Waals surface area contributed by atoms with Gasteiger partial charge in [0.05, 0.1) is 34.2 Å². The van der Waals surface area contributed by atoms with E-state index in [-0.39, 0.29) is 29.3 Å². The van der Waals surface area contributed by atoms with E-state index in [1.807, 2.05) is 0 Å². The Morgan fingerprint density at radius 1 is 1.25 bits per heavy atom. The highest BCUT2D eigenvalue weighted by molar-refractivity contribution is 7.92.